The van der Waals surface area contributed by atoms with E-state index in [1.807, 2.05) is 0 Å². The molecule has 1 heteroatoms. The van der Waals surface area contributed by atoms with Crippen LogP contribution in [0.5, 0.6) is 0 Å². The standard InChI is InChI=1S/C16H28O/c1-12-7-8-13-14(16(12,4)10-11-17)6-5-9-15(13,2)3/h12,17H,5-11H2,1-4H3/t12-,16+/m0/s1. The molecule has 2 aliphatic rings. The van der Waals surface area contributed by atoms with E-state index in [1.165, 1.54) is 32.1 Å². The summed E-state index contributed by atoms with van der Waals surface area (Å²) in [6.07, 6.45) is 7.50. The maximum Gasteiger partial charge on any atom is 0.0439 e. The van der Waals surface area contributed by atoms with Crippen LogP contribution in [0.1, 0.15) is 66.2 Å². The van der Waals surface area contributed by atoms with E-state index in [4.69, 9.17) is 0 Å². The fourth-order valence-electron chi connectivity index (χ4n) is 4.14. The SMILES string of the molecule is C[C@H]1CCC2=C(CCCC2(C)C)[C@]1(C)CCO. The average Bonchev–Trinajstić information content (AvgIpc) is 2.24. The molecule has 0 aromatic rings. The first kappa shape index (κ1) is 13.1. The van der Waals surface area contributed by atoms with E-state index < -0.39 is 0 Å². The second-order valence-electron chi connectivity index (χ2n) is 7.03. The lowest BCUT2D eigenvalue weighted by molar-refractivity contribution is 0.133. The predicted molar refractivity (Wildman–Crippen MR) is 72.9 cm³/mol. The Bertz CT molecular complexity index is 326. The van der Waals surface area contributed by atoms with E-state index >= 15 is 0 Å². The Labute approximate surface area is 106 Å². The lowest BCUT2D eigenvalue weighted by atomic mass is 9.56. The molecule has 17 heavy (non-hydrogen) atoms. The summed E-state index contributed by atoms with van der Waals surface area (Å²) in [5.74, 6) is 0.724. The van der Waals surface area contributed by atoms with Crippen LogP contribution < -0.4 is 0 Å². The fourth-order valence-corrected chi connectivity index (χ4v) is 4.14. The Balaban J connectivity index is 2.44. The Morgan fingerprint density at radius 2 is 1.88 bits per heavy atom. The molecule has 1 N–H and O–H groups in total. The van der Waals surface area contributed by atoms with E-state index in [1.54, 1.807) is 11.1 Å². The largest absolute Gasteiger partial charge is 0.396 e. The molecule has 0 heterocycles. The lowest BCUT2D eigenvalue weighted by Crippen LogP contribution is -2.38. The first-order valence-electron chi connectivity index (χ1n) is 7.25. The van der Waals surface area contributed by atoms with Crippen LogP contribution in [0, 0.1) is 16.7 Å². The van der Waals surface area contributed by atoms with Gasteiger partial charge in [0.05, 0.1) is 0 Å². The van der Waals surface area contributed by atoms with Gasteiger partial charge in [-0.2, -0.15) is 0 Å². The van der Waals surface area contributed by atoms with Gasteiger partial charge in [-0.1, -0.05) is 38.8 Å². The quantitative estimate of drug-likeness (QED) is 0.708. The van der Waals surface area contributed by atoms with Crippen molar-refractivity contribution in [1.82, 2.24) is 0 Å². The first-order chi connectivity index (χ1) is 7.92. The molecular weight excluding hydrogens is 208 g/mol. The highest BCUT2D eigenvalue weighted by Crippen LogP contribution is 2.56. The van der Waals surface area contributed by atoms with Crippen molar-refractivity contribution in [3.8, 4) is 0 Å². The molecule has 2 rings (SSSR count). The van der Waals surface area contributed by atoms with Gasteiger partial charge in [0.2, 0.25) is 0 Å². The summed E-state index contributed by atoms with van der Waals surface area (Å²) < 4.78 is 0. The van der Waals surface area contributed by atoms with Crippen LogP contribution in [-0.4, -0.2) is 11.7 Å². The summed E-state index contributed by atoms with van der Waals surface area (Å²) in [6, 6.07) is 0. The van der Waals surface area contributed by atoms with Crippen LogP contribution in [-0.2, 0) is 0 Å². The van der Waals surface area contributed by atoms with Crippen LogP contribution in [0.15, 0.2) is 11.1 Å². The van der Waals surface area contributed by atoms with Gasteiger partial charge in [-0.3, -0.25) is 0 Å². The van der Waals surface area contributed by atoms with Gasteiger partial charge in [-0.15, -0.1) is 0 Å². The molecule has 0 saturated heterocycles. The number of rotatable bonds is 2. The van der Waals surface area contributed by atoms with Crippen molar-refractivity contribution in [2.75, 3.05) is 6.61 Å². The molecular formula is C16H28O. The van der Waals surface area contributed by atoms with E-state index in [9.17, 15) is 5.11 Å². The Hall–Kier alpha value is -0.300. The zero-order valence-electron chi connectivity index (χ0n) is 12.0. The van der Waals surface area contributed by atoms with Gasteiger partial charge in [0.15, 0.2) is 0 Å². The summed E-state index contributed by atoms with van der Waals surface area (Å²) >= 11 is 0. The van der Waals surface area contributed by atoms with Gasteiger partial charge in [0.25, 0.3) is 0 Å². The van der Waals surface area contributed by atoms with Gasteiger partial charge >= 0.3 is 0 Å². The second kappa shape index (κ2) is 4.42. The van der Waals surface area contributed by atoms with Gasteiger partial charge < -0.3 is 5.11 Å². The molecule has 0 aliphatic heterocycles. The minimum absolute atomic E-state index is 0.264. The smallest absolute Gasteiger partial charge is 0.0439 e. The molecule has 0 spiro atoms. The van der Waals surface area contributed by atoms with Crippen LogP contribution >= 0.6 is 0 Å². The van der Waals surface area contributed by atoms with Crippen molar-refractivity contribution in [3.63, 3.8) is 0 Å². The number of hydrogen-bond donors (Lipinski definition) is 1. The molecule has 2 atom stereocenters. The second-order valence-corrected chi connectivity index (χ2v) is 7.03. The van der Waals surface area contributed by atoms with Crippen LogP contribution in [0.3, 0.4) is 0 Å². The van der Waals surface area contributed by atoms with Gasteiger partial charge in [0.1, 0.15) is 0 Å². The highest BCUT2D eigenvalue weighted by molar-refractivity contribution is 5.32. The monoisotopic (exact) mass is 236 g/mol. The highest BCUT2D eigenvalue weighted by Gasteiger charge is 2.43. The molecule has 0 saturated carbocycles. The zero-order chi connectivity index (χ0) is 12.7. The van der Waals surface area contributed by atoms with Crippen molar-refractivity contribution in [2.45, 2.75) is 66.2 Å². The van der Waals surface area contributed by atoms with Crippen LogP contribution in [0.2, 0.25) is 0 Å². The molecule has 1 nitrogen and oxygen atoms in total. The third-order valence-corrected chi connectivity index (χ3v) is 5.65. The minimum Gasteiger partial charge on any atom is -0.396 e. The summed E-state index contributed by atoms with van der Waals surface area (Å²) in [4.78, 5) is 0. The number of allylic oxidation sites excluding steroid dienone is 2. The molecule has 0 amide bonds. The summed E-state index contributed by atoms with van der Waals surface area (Å²) in [5, 5.41) is 9.40. The summed E-state index contributed by atoms with van der Waals surface area (Å²) in [7, 11) is 0. The predicted octanol–water partition coefficient (Wildman–Crippen LogP) is 4.31. The first-order valence-corrected chi connectivity index (χ1v) is 7.25. The third kappa shape index (κ3) is 2.07. The molecule has 2 aliphatic carbocycles. The van der Waals surface area contributed by atoms with Crippen molar-refractivity contribution >= 4 is 0 Å². The van der Waals surface area contributed by atoms with E-state index in [2.05, 4.69) is 27.7 Å². The Morgan fingerprint density at radius 3 is 2.53 bits per heavy atom. The normalized spacial score (nSPS) is 36.9. The molecule has 0 bridgehead atoms. The number of aliphatic hydroxyl groups excluding tert-OH is 1. The molecule has 0 aromatic heterocycles. The van der Waals surface area contributed by atoms with Crippen molar-refractivity contribution in [1.29, 1.82) is 0 Å². The summed E-state index contributed by atoms with van der Waals surface area (Å²) in [5.41, 5.74) is 4.11. The van der Waals surface area contributed by atoms with Crippen molar-refractivity contribution in [2.24, 2.45) is 16.7 Å². The fraction of sp³-hybridized carbons (Fsp3) is 0.875. The van der Waals surface area contributed by atoms with E-state index in [0.29, 0.717) is 12.0 Å². The van der Waals surface area contributed by atoms with E-state index in [0.717, 1.165) is 12.3 Å². The Morgan fingerprint density at radius 1 is 1.18 bits per heavy atom. The molecule has 0 unspecified atom stereocenters. The van der Waals surface area contributed by atoms with Crippen LogP contribution in [0.4, 0.5) is 0 Å². The van der Waals surface area contributed by atoms with Crippen molar-refractivity contribution < 1.29 is 5.11 Å². The van der Waals surface area contributed by atoms with Gasteiger partial charge in [-0.25, -0.2) is 0 Å². The minimum atomic E-state index is 0.264. The number of hydrogen-bond acceptors (Lipinski definition) is 1. The van der Waals surface area contributed by atoms with Gasteiger partial charge in [-0.05, 0) is 55.3 Å². The molecule has 0 aromatic carbocycles. The maximum absolute atomic E-state index is 9.40. The molecule has 0 fully saturated rings. The van der Waals surface area contributed by atoms with Crippen molar-refractivity contribution in [3.05, 3.63) is 11.1 Å². The van der Waals surface area contributed by atoms with E-state index in [-0.39, 0.29) is 5.41 Å². The average molecular weight is 236 g/mol. The maximum atomic E-state index is 9.40. The highest BCUT2D eigenvalue weighted by atomic mass is 16.3. The lowest BCUT2D eigenvalue weighted by Gasteiger charge is -2.49. The summed E-state index contributed by atoms with van der Waals surface area (Å²) in [6.45, 7) is 9.93. The van der Waals surface area contributed by atoms with Crippen LogP contribution in [0.25, 0.3) is 0 Å². The van der Waals surface area contributed by atoms with Gasteiger partial charge in [0, 0.05) is 6.61 Å². The third-order valence-electron chi connectivity index (χ3n) is 5.65. The molecule has 98 valence electrons. The number of aliphatic hydroxyl groups is 1. The Kier molecular flexibility index (Phi) is 3.42. The topological polar surface area (TPSA) is 20.2 Å². The molecule has 0 radical (unpaired) electrons. The zero-order valence-corrected chi connectivity index (χ0v) is 12.0.